The third-order valence-electron chi connectivity index (χ3n) is 4.24. The lowest BCUT2D eigenvalue weighted by Gasteiger charge is -2.31. The minimum Gasteiger partial charge on any atom is -0.496 e. The van der Waals surface area contributed by atoms with Crippen LogP contribution in [0.3, 0.4) is 0 Å². The first-order valence-corrected chi connectivity index (χ1v) is 9.59. The number of ether oxygens (including phenoxy) is 1. The van der Waals surface area contributed by atoms with Crippen molar-refractivity contribution >= 4 is 11.3 Å². The lowest BCUT2D eigenvalue weighted by molar-refractivity contribution is 0.0486. The summed E-state index contributed by atoms with van der Waals surface area (Å²) in [6.45, 7) is 5.44. The summed E-state index contributed by atoms with van der Waals surface area (Å²) in [5.74, 6) is 0.602. The SMILES string of the molecule is COc1ccc(CCC(C)(C)F)cc1C(O)(CN(C)C)c1nc(C)cs1. The molecule has 0 aliphatic heterocycles. The van der Waals surface area contributed by atoms with E-state index in [1.807, 2.05) is 49.5 Å². The van der Waals surface area contributed by atoms with Crippen LogP contribution in [0.25, 0.3) is 0 Å². The number of aliphatic hydroxyl groups is 1. The average Bonchev–Trinajstić information content (AvgIpc) is 2.98. The van der Waals surface area contributed by atoms with E-state index in [1.54, 1.807) is 21.0 Å². The molecule has 6 heteroatoms. The molecule has 0 saturated heterocycles. The maximum atomic E-state index is 13.9. The summed E-state index contributed by atoms with van der Waals surface area (Å²) in [7, 11) is 5.41. The van der Waals surface area contributed by atoms with Crippen molar-refractivity contribution < 1.29 is 14.2 Å². The van der Waals surface area contributed by atoms with E-state index in [0.717, 1.165) is 11.3 Å². The van der Waals surface area contributed by atoms with Crippen molar-refractivity contribution in [2.45, 2.75) is 44.9 Å². The third-order valence-corrected chi connectivity index (χ3v) is 5.35. The summed E-state index contributed by atoms with van der Waals surface area (Å²) in [5, 5.41) is 14.2. The predicted octanol–water partition coefficient (Wildman–Crippen LogP) is 3.94. The number of thiazole rings is 1. The van der Waals surface area contributed by atoms with E-state index >= 15 is 0 Å². The summed E-state index contributed by atoms with van der Waals surface area (Å²) < 4.78 is 19.4. The molecular formula is C20H29FN2O2S. The number of likely N-dealkylation sites (N-methyl/N-ethyl adjacent to an activating group) is 1. The molecule has 0 fully saturated rings. The van der Waals surface area contributed by atoms with Crippen molar-refractivity contribution in [3.05, 3.63) is 45.4 Å². The van der Waals surface area contributed by atoms with E-state index in [1.165, 1.54) is 11.3 Å². The fraction of sp³-hybridized carbons (Fsp3) is 0.550. The highest BCUT2D eigenvalue weighted by Gasteiger charge is 2.38. The second kappa shape index (κ2) is 8.03. The van der Waals surface area contributed by atoms with Gasteiger partial charge in [0.2, 0.25) is 0 Å². The quantitative estimate of drug-likeness (QED) is 0.753. The minimum absolute atomic E-state index is 0.369. The number of hydrogen-bond acceptors (Lipinski definition) is 5. The van der Waals surface area contributed by atoms with Gasteiger partial charge >= 0.3 is 0 Å². The van der Waals surface area contributed by atoms with Crippen LogP contribution in [0.5, 0.6) is 5.75 Å². The molecule has 0 aliphatic carbocycles. The molecule has 144 valence electrons. The molecule has 2 aromatic rings. The van der Waals surface area contributed by atoms with Crippen LogP contribution in [-0.2, 0) is 12.0 Å². The van der Waals surface area contributed by atoms with Gasteiger partial charge in [0.1, 0.15) is 16.4 Å². The third kappa shape index (κ3) is 5.02. The van der Waals surface area contributed by atoms with Crippen LogP contribution in [-0.4, -0.2) is 48.4 Å². The van der Waals surface area contributed by atoms with Crippen LogP contribution in [0, 0.1) is 6.92 Å². The van der Waals surface area contributed by atoms with Gasteiger partial charge in [-0.25, -0.2) is 9.37 Å². The van der Waals surface area contributed by atoms with Crippen LogP contribution in [0.15, 0.2) is 23.6 Å². The zero-order chi connectivity index (χ0) is 19.5. The van der Waals surface area contributed by atoms with Gasteiger partial charge < -0.3 is 14.7 Å². The molecule has 1 heterocycles. The van der Waals surface area contributed by atoms with Gasteiger partial charge in [-0.3, -0.25) is 0 Å². The van der Waals surface area contributed by atoms with Gasteiger partial charge in [0.25, 0.3) is 0 Å². The van der Waals surface area contributed by atoms with Gasteiger partial charge in [-0.1, -0.05) is 6.07 Å². The fourth-order valence-corrected chi connectivity index (χ4v) is 3.85. The first kappa shape index (κ1) is 20.8. The molecule has 2 rings (SSSR count). The van der Waals surface area contributed by atoms with Crippen LogP contribution < -0.4 is 4.74 Å². The van der Waals surface area contributed by atoms with Crippen LogP contribution in [0.2, 0.25) is 0 Å². The molecule has 0 spiro atoms. The normalized spacial score (nSPS) is 14.5. The molecule has 4 nitrogen and oxygen atoms in total. The Morgan fingerprint density at radius 3 is 2.50 bits per heavy atom. The largest absolute Gasteiger partial charge is 0.496 e. The molecule has 0 amide bonds. The van der Waals surface area contributed by atoms with Crippen molar-refractivity contribution in [3.63, 3.8) is 0 Å². The fourth-order valence-electron chi connectivity index (χ4n) is 2.95. The smallest absolute Gasteiger partial charge is 0.157 e. The number of methoxy groups -OCH3 is 1. The van der Waals surface area contributed by atoms with Crippen molar-refractivity contribution in [1.82, 2.24) is 9.88 Å². The average molecular weight is 381 g/mol. The van der Waals surface area contributed by atoms with Gasteiger partial charge in [-0.05, 0) is 65.4 Å². The number of aromatic nitrogens is 1. The Morgan fingerprint density at radius 1 is 1.31 bits per heavy atom. The van der Waals surface area contributed by atoms with E-state index in [9.17, 15) is 9.50 Å². The Kier molecular flexibility index (Phi) is 6.42. The maximum absolute atomic E-state index is 13.9. The van der Waals surface area contributed by atoms with Gasteiger partial charge in [0, 0.05) is 23.2 Å². The van der Waals surface area contributed by atoms with Crippen molar-refractivity contribution in [2.24, 2.45) is 0 Å². The summed E-state index contributed by atoms with van der Waals surface area (Å²) in [6, 6.07) is 5.69. The van der Waals surface area contributed by atoms with Gasteiger partial charge in [0.15, 0.2) is 5.60 Å². The van der Waals surface area contributed by atoms with Crippen LogP contribution in [0.1, 0.15) is 42.1 Å². The molecule has 1 atom stereocenters. The maximum Gasteiger partial charge on any atom is 0.157 e. The van der Waals surface area contributed by atoms with Crippen molar-refractivity contribution in [2.75, 3.05) is 27.7 Å². The number of nitrogens with zero attached hydrogens (tertiary/aromatic N) is 2. The summed E-state index contributed by atoms with van der Waals surface area (Å²) in [6.07, 6.45) is 1.01. The first-order chi connectivity index (χ1) is 12.0. The van der Waals surface area contributed by atoms with Gasteiger partial charge in [-0.2, -0.15) is 0 Å². The first-order valence-electron chi connectivity index (χ1n) is 8.71. The zero-order valence-electron chi connectivity index (χ0n) is 16.5. The molecule has 26 heavy (non-hydrogen) atoms. The number of benzene rings is 1. The Hall–Kier alpha value is -1.50. The highest BCUT2D eigenvalue weighted by molar-refractivity contribution is 7.09. The number of alkyl halides is 1. The topological polar surface area (TPSA) is 45.6 Å². The number of rotatable bonds is 8. The molecule has 0 aliphatic rings. The predicted molar refractivity (Wildman–Crippen MR) is 105 cm³/mol. The lowest BCUT2D eigenvalue weighted by atomic mass is 9.89. The molecule has 1 aromatic carbocycles. The van der Waals surface area contributed by atoms with E-state index < -0.39 is 11.3 Å². The Morgan fingerprint density at radius 2 is 2.00 bits per heavy atom. The molecule has 0 saturated carbocycles. The number of halogens is 1. The summed E-state index contributed by atoms with van der Waals surface area (Å²) >= 11 is 1.43. The lowest BCUT2D eigenvalue weighted by Crippen LogP contribution is -2.39. The highest BCUT2D eigenvalue weighted by atomic mass is 32.1. The van der Waals surface area contributed by atoms with Crippen molar-refractivity contribution in [3.8, 4) is 5.75 Å². The zero-order valence-corrected chi connectivity index (χ0v) is 17.3. The molecular weight excluding hydrogens is 351 g/mol. The molecule has 1 unspecified atom stereocenters. The van der Waals surface area contributed by atoms with Gasteiger partial charge in [0.05, 0.1) is 7.11 Å². The minimum atomic E-state index is -1.30. The number of hydrogen-bond donors (Lipinski definition) is 1. The van der Waals surface area contributed by atoms with E-state index in [-0.39, 0.29) is 0 Å². The number of aryl methyl sites for hydroxylation is 2. The summed E-state index contributed by atoms with van der Waals surface area (Å²) in [5.41, 5.74) is -0.0211. The summed E-state index contributed by atoms with van der Waals surface area (Å²) in [4.78, 5) is 6.45. The van der Waals surface area contributed by atoms with E-state index in [2.05, 4.69) is 4.98 Å². The highest BCUT2D eigenvalue weighted by Crippen LogP contribution is 2.38. The van der Waals surface area contributed by atoms with E-state index in [0.29, 0.717) is 35.7 Å². The van der Waals surface area contributed by atoms with Crippen molar-refractivity contribution in [1.29, 1.82) is 0 Å². The van der Waals surface area contributed by atoms with Crippen LogP contribution >= 0.6 is 11.3 Å². The Balaban J connectivity index is 2.51. The molecule has 0 radical (unpaired) electrons. The molecule has 1 N–H and O–H groups in total. The van der Waals surface area contributed by atoms with Crippen LogP contribution in [0.4, 0.5) is 4.39 Å². The second-order valence-corrected chi connectivity index (χ2v) is 8.50. The second-order valence-electron chi connectivity index (χ2n) is 7.65. The Labute approximate surface area is 159 Å². The van der Waals surface area contributed by atoms with Gasteiger partial charge in [-0.15, -0.1) is 11.3 Å². The standard InChI is InChI=1S/C20H29FN2O2S/c1-14-12-26-18(22-14)20(24,13-23(4)5)16-11-15(7-8-17(16)25-6)9-10-19(2,3)21/h7-8,11-12,24H,9-10,13H2,1-6H3. The molecule has 0 bridgehead atoms. The van der Waals surface area contributed by atoms with E-state index in [4.69, 9.17) is 4.74 Å². The monoisotopic (exact) mass is 380 g/mol. The Bertz CT molecular complexity index is 740. The molecule has 1 aromatic heterocycles.